The number of fused-ring (bicyclic) bond motifs is 6. The second-order valence-electron chi connectivity index (χ2n) is 12.9. The summed E-state index contributed by atoms with van der Waals surface area (Å²) in [6, 6.07) is 57.0. The monoisotopic (exact) mass is 667 g/mol. The number of hydrogen-bond donors (Lipinski definition) is 1. The Hall–Kier alpha value is -7.11. The highest BCUT2D eigenvalue weighted by Crippen LogP contribution is 2.44. The predicted octanol–water partition coefficient (Wildman–Crippen LogP) is 12.1. The van der Waals surface area contributed by atoms with Gasteiger partial charge in [-0.25, -0.2) is 15.0 Å². The molecule has 0 aliphatic rings. The van der Waals surface area contributed by atoms with Crippen molar-refractivity contribution in [3.05, 3.63) is 170 Å². The SMILES string of the molecule is Oc1cccc(-c2nc(-c3ccccc3)nc(-c3cc4ccccc4c4ccccc34)n2)c1-c1ccccc1-c1ccc2oc3ccccc3c2c1. The average molecular weight is 668 g/mol. The zero-order chi connectivity index (χ0) is 34.6. The van der Waals surface area contributed by atoms with E-state index < -0.39 is 0 Å². The Bertz CT molecular complexity index is 2990. The minimum Gasteiger partial charge on any atom is -0.507 e. The molecule has 10 aromatic rings. The first-order valence-corrected chi connectivity index (χ1v) is 17.3. The third kappa shape index (κ3) is 4.90. The Morgan fingerprint density at radius 2 is 0.981 bits per heavy atom. The molecule has 5 heteroatoms. The smallest absolute Gasteiger partial charge is 0.164 e. The van der Waals surface area contributed by atoms with Crippen LogP contribution in [0.4, 0.5) is 0 Å². The van der Waals surface area contributed by atoms with E-state index in [4.69, 9.17) is 19.4 Å². The molecule has 244 valence electrons. The summed E-state index contributed by atoms with van der Waals surface area (Å²) < 4.78 is 6.14. The van der Waals surface area contributed by atoms with Crippen LogP contribution in [0.15, 0.2) is 174 Å². The fraction of sp³-hybridized carbons (Fsp3) is 0. The Morgan fingerprint density at radius 3 is 1.83 bits per heavy atom. The zero-order valence-electron chi connectivity index (χ0n) is 27.9. The van der Waals surface area contributed by atoms with Gasteiger partial charge in [0.1, 0.15) is 16.9 Å². The van der Waals surface area contributed by atoms with Crippen LogP contribution in [0.2, 0.25) is 0 Å². The predicted molar refractivity (Wildman–Crippen MR) is 211 cm³/mol. The summed E-state index contributed by atoms with van der Waals surface area (Å²) in [5.74, 6) is 1.72. The van der Waals surface area contributed by atoms with Crippen LogP contribution in [0.1, 0.15) is 0 Å². The van der Waals surface area contributed by atoms with Gasteiger partial charge in [0, 0.05) is 33.0 Å². The topological polar surface area (TPSA) is 72.0 Å². The molecule has 5 nitrogen and oxygen atoms in total. The second-order valence-corrected chi connectivity index (χ2v) is 12.9. The Labute approximate surface area is 299 Å². The van der Waals surface area contributed by atoms with Crippen LogP contribution >= 0.6 is 0 Å². The lowest BCUT2D eigenvalue weighted by molar-refractivity contribution is 0.477. The van der Waals surface area contributed by atoms with Crippen molar-refractivity contribution in [1.29, 1.82) is 0 Å². The largest absolute Gasteiger partial charge is 0.507 e. The van der Waals surface area contributed by atoms with Crippen molar-refractivity contribution in [1.82, 2.24) is 15.0 Å². The number of para-hydroxylation sites is 1. The Balaban J connectivity index is 1.21. The Morgan fingerprint density at radius 1 is 0.365 bits per heavy atom. The van der Waals surface area contributed by atoms with Crippen molar-refractivity contribution in [3.63, 3.8) is 0 Å². The first kappa shape index (κ1) is 29.8. The molecule has 2 heterocycles. The standard InChI is InChI=1S/C47H29N3O2/c51-41-23-12-22-38(44(41)37-21-9-6-17-33(37)31-25-26-43-39(27-31)36-20-10-11-24-42(36)52-43)46-48-45(29-13-2-1-3-14-29)49-47(50-46)40-28-30-15-4-5-16-32(30)34-18-7-8-19-35(34)40/h1-28,51H. The third-order valence-corrected chi connectivity index (χ3v) is 9.84. The van der Waals surface area contributed by atoms with Crippen LogP contribution in [0, 0.1) is 0 Å². The number of hydrogen-bond acceptors (Lipinski definition) is 5. The molecule has 10 rings (SSSR count). The van der Waals surface area contributed by atoms with Gasteiger partial charge >= 0.3 is 0 Å². The van der Waals surface area contributed by atoms with Gasteiger partial charge in [0.25, 0.3) is 0 Å². The minimum absolute atomic E-state index is 0.138. The van der Waals surface area contributed by atoms with E-state index in [1.54, 1.807) is 6.07 Å². The van der Waals surface area contributed by atoms with E-state index in [1.165, 1.54) is 5.39 Å². The summed E-state index contributed by atoms with van der Waals surface area (Å²) in [5, 5.41) is 18.3. The number of rotatable bonds is 5. The molecule has 0 amide bonds. The van der Waals surface area contributed by atoms with Crippen molar-refractivity contribution < 1.29 is 9.52 Å². The van der Waals surface area contributed by atoms with Gasteiger partial charge in [0.2, 0.25) is 0 Å². The molecule has 8 aromatic carbocycles. The van der Waals surface area contributed by atoms with Crippen LogP contribution < -0.4 is 0 Å². The molecule has 0 aliphatic heterocycles. The molecule has 0 aliphatic carbocycles. The molecule has 0 atom stereocenters. The first-order chi connectivity index (χ1) is 25.7. The molecule has 0 unspecified atom stereocenters. The minimum atomic E-state index is 0.138. The number of furan rings is 1. The summed E-state index contributed by atoms with van der Waals surface area (Å²) in [7, 11) is 0. The maximum absolute atomic E-state index is 11.7. The molecular formula is C47H29N3O2. The van der Waals surface area contributed by atoms with Crippen molar-refractivity contribution in [2.45, 2.75) is 0 Å². The summed E-state index contributed by atoms with van der Waals surface area (Å²) in [4.78, 5) is 15.4. The van der Waals surface area contributed by atoms with Crippen LogP contribution in [0.3, 0.4) is 0 Å². The highest BCUT2D eigenvalue weighted by Gasteiger charge is 2.22. The van der Waals surface area contributed by atoms with Gasteiger partial charge in [0.05, 0.1) is 0 Å². The summed E-state index contributed by atoms with van der Waals surface area (Å²) in [6.45, 7) is 0. The number of phenols is 1. The van der Waals surface area contributed by atoms with Crippen molar-refractivity contribution in [3.8, 4) is 62.2 Å². The number of benzene rings is 8. The van der Waals surface area contributed by atoms with Gasteiger partial charge in [-0.1, -0.05) is 140 Å². The van der Waals surface area contributed by atoms with E-state index in [0.29, 0.717) is 28.6 Å². The molecular weight excluding hydrogens is 639 g/mol. The zero-order valence-corrected chi connectivity index (χ0v) is 27.9. The molecule has 0 radical (unpaired) electrons. The lowest BCUT2D eigenvalue weighted by atomic mass is 9.90. The van der Waals surface area contributed by atoms with Gasteiger partial charge < -0.3 is 9.52 Å². The molecule has 0 saturated heterocycles. The highest BCUT2D eigenvalue weighted by molar-refractivity contribution is 6.13. The summed E-state index contributed by atoms with van der Waals surface area (Å²) >= 11 is 0. The lowest BCUT2D eigenvalue weighted by Gasteiger charge is -2.17. The molecule has 1 N–H and O–H groups in total. The molecule has 0 spiro atoms. The van der Waals surface area contributed by atoms with Crippen molar-refractivity contribution in [2.75, 3.05) is 0 Å². The molecule has 52 heavy (non-hydrogen) atoms. The van der Waals surface area contributed by atoms with Gasteiger partial charge in [-0.05, 0) is 68.6 Å². The first-order valence-electron chi connectivity index (χ1n) is 17.3. The van der Waals surface area contributed by atoms with E-state index in [9.17, 15) is 5.11 Å². The quantitative estimate of drug-likeness (QED) is 0.185. The number of phenolic OH excluding ortho intramolecular Hbond substituents is 1. The summed E-state index contributed by atoms with van der Waals surface area (Å²) in [6.07, 6.45) is 0. The summed E-state index contributed by atoms with van der Waals surface area (Å²) in [5.41, 5.74) is 7.66. The van der Waals surface area contributed by atoms with Crippen LogP contribution in [-0.4, -0.2) is 20.1 Å². The fourth-order valence-corrected chi connectivity index (χ4v) is 7.43. The molecule has 0 fully saturated rings. The molecule has 2 aromatic heterocycles. The lowest BCUT2D eigenvalue weighted by Crippen LogP contribution is -2.02. The van der Waals surface area contributed by atoms with Crippen LogP contribution in [0.5, 0.6) is 5.75 Å². The van der Waals surface area contributed by atoms with E-state index >= 15 is 0 Å². The van der Waals surface area contributed by atoms with Crippen LogP contribution in [0.25, 0.3) is 99.9 Å². The maximum atomic E-state index is 11.7. The van der Waals surface area contributed by atoms with E-state index in [-0.39, 0.29) is 5.75 Å². The van der Waals surface area contributed by atoms with E-state index in [1.807, 2.05) is 84.9 Å². The van der Waals surface area contributed by atoms with Crippen LogP contribution in [-0.2, 0) is 0 Å². The van der Waals surface area contributed by atoms with E-state index in [2.05, 4.69) is 78.9 Å². The maximum Gasteiger partial charge on any atom is 0.164 e. The normalized spacial score (nSPS) is 11.5. The van der Waals surface area contributed by atoms with Gasteiger partial charge in [0.15, 0.2) is 17.5 Å². The number of aromatic hydroxyl groups is 1. The third-order valence-electron chi connectivity index (χ3n) is 9.84. The average Bonchev–Trinajstić information content (AvgIpc) is 3.59. The van der Waals surface area contributed by atoms with Crippen molar-refractivity contribution in [2.24, 2.45) is 0 Å². The van der Waals surface area contributed by atoms with Gasteiger partial charge in [-0.3, -0.25) is 0 Å². The Kier molecular flexibility index (Phi) is 6.89. The van der Waals surface area contributed by atoms with Gasteiger partial charge in [-0.2, -0.15) is 0 Å². The highest BCUT2D eigenvalue weighted by atomic mass is 16.3. The number of aromatic nitrogens is 3. The molecule has 0 saturated carbocycles. The second kappa shape index (κ2) is 12.0. The fourth-order valence-electron chi connectivity index (χ4n) is 7.43. The molecule has 0 bridgehead atoms. The van der Waals surface area contributed by atoms with Crippen molar-refractivity contribution >= 4 is 43.5 Å². The van der Waals surface area contributed by atoms with E-state index in [0.717, 1.165) is 65.9 Å². The van der Waals surface area contributed by atoms with Gasteiger partial charge in [-0.15, -0.1) is 0 Å². The number of nitrogens with zero attached hydrogens (tertiary/aromatic N) is 3.